The highest BCUT2D eigenvalue weighted by Crippen LogP contribution is 2.28. The maximum Gasteiger partial charge on any atom is 0.270 e. The molecule has 3 aromatic carbocycles. The molecule has 0 spiro atoms. The van der Waals surface area contributed by atoms with E-state index in [4.69, 9.17) is 4.74 Å². The molecule has 3 rings (SSSR count). The third-order valence-corrected chi connectivity index (χ3v) is 4.12. The summed E-state index contributed by atoms with van der Waals surface area (Å²) in [6.07, 6.45) is 0. The predicted molar refractivity (Wildman–Crippen MR) is 111 cm³/mol. The van der Waals surface area contributed by atoms with Crippen LogP contribution in [-0.2, 0) is 0 Å². The molecule has 2 N–H and O–H groups in total. The molecular formula is C22H19N3O5. The first-order valence-corrected chi connectivity index (χ1v) is 9.17. The van der Waals surface area contributed by atoms with Crippen LogP contribution in [0.3, 0.4) is 0 Å². The largest absolute Gasteiger partial charge is 0.457 e. The number of nitro benzene ring substituents is 1. The summed E-state index contributed by atoms with van der Waals surface area (Å²) < 4.78 is 5.71. The molecule has 0 aliphatic carbocycles. The van der Waals surface area contributed by atoms with E-state index in [1.54, 1.807) is 48.5 Å². The van der Waals surface area contributed by atoms with E-state index in [9.17, 15) is 19.7 Å². The number of nitro groups is 1. The highest BCUT2D eigenvalue weighted by Gasteiger charge is 2.18. The van der Waals surface area contributed by atoms with Crippen molar-refractivity contribution in [2.45, 2.75) is 0 Å². The minimum Gasteiger partial charge on any atom is -0.457 e. The zero-order chi connectivity index (χ0) is 21.3. The zero-order valence-corrected chi connectivity index (χ0v) is 15.9. The fourth-order valence-electron chi connectivity index (χ4n) is 2.65. The normalized spacial score (nSPS) is 10.1. The van der Waals surface area contributed by atoms with Crippen LogP contribution in [0.15, 0.2) is 78.9 Å². The number of carbonyl (C=O) groups excluding carboxylic acids is 2. The van der Waals surface area contributed by atoms with Gasteiger partial charge < -0.3 is 15.4 Å². The molecule has 30 heavy (non-hydrogen) atoms. The molecule has 8 nitrogen and oxygen atoms in total. The van der Waals surface area contributed by atoms with E-state index < -0.39 is 10.8 Å². The number of ether oxygens (including phenoxy) is 1. The van der Waals surface area contributed by atoms with Crippen molar-refractivity contribution in [3.05, 3.63) is 100 Å². The molecule has 152 valence electrons. The Hall–Kier alpha value is -4.20. The van der Waals surface area contributed by atoms with Crippen molar-refractivity contribution in [1.29, 1.82) is 0 Å². The van der Waals surface area contributed by atoms with Gasteiger partial charge in [0.2, 0.25) is 0 Å². The number of rotatable bonds is 8. The van der Waals surface area contributed by atoms with Gasteiger partial charge >= 0.3 is 0 Å². The van der Waals surface area contributed by atoms with Gasteiger partial charge in [0.25, 0.3) is 17.5 Å². The van der Waals surface area contributed by atoms with Crippen LogP contribution in [0.1, 0.15) is 20.7 Å². The molecule has 3 aromatic rings. The second-order valence-electron chi connectivity index (χ2n) is 6.23. The van der Waals surface area contributed by atoms with Crippen molar-refractivity contribution >= 4 is 17.5 Å². The highest BCUT2D eigenvalue weighted by molar-refractivity contribution is 5.98. The van der Waals surface area contributed by atoms with Crippen LogP contribution in [0, 0.1) is 10.1 Å². The number of hydrogen-bond acceptors (Lipinski definition) is 5. The topological polar surface area (TPSA) is 111 Å². The summed E-state index contributed by atoms with van der Waals surface area (Å²) in [5.74, 6) is -0.111. The maximum atomic E-state index is 12.6. The van der Waals surface area contributed by atoms with Gasteiger partial charge in [-0.15, -0.1) is 0 Å². The quantitative estimate of drug-likeness (QED) is 0.338. The first kappa shape index (κ1) is 20.5. The Bertz CT molecular complexity index is 1040. The highest BCUT2D eigenvalue weighted by atomic mass is 16.6. The third kappa shape index (κ3) is 5.41. The van der Waals surface area contributed by atoms with Crippen molar-refractivity contribution in [3.8, 4) is 11.5 Å². The van der Waals surface area contributed by atoms with Gasteiger partial charge in [-0.2, -0.15) is 0 Å². The molecule has 0 saturated heterocycles. The minimum atomic E-state index is -0.580. The number of benzene rings is 3. The molecule has 0 radical (unpaired) electrons. The van der Waals surface area contributed by atoms with Gasteiger partial charge in [-0.05, 0) is 30.3 Å². The average Bonchev–Trinajstić information content (AvgIpc) is 2.77. The molecule has 0 aliphatic heterocycles. The lowest BCUT2D eigenvalue weighted by molar-refractivity contribution is -0.384. The number of amides is 2. The number of carbonyl (C=O) groups is 2. The number of nitrogens with zero attached hydrogens (tertiary/aromatic N) is 1. The lowest BCUT2D eigenvalue weighted by atomic mass is 10.1. The first-order valence-electron chi connectivity index (χ1n) is 9.17. The Labute approximate surface area is 172 Å². The Morgan fingerprint density at radius 1 is 0.833 bits per heavy atom. The first-order chi connectivity index (χ1) is 14.5. The Kier molecular flexibility index (Phi) is 6.73. The van der Waals surface area contributed by atoms with Gasteiger partial charge in [0.1, 0.15) is 11.5 Å². The van der Waals surface area contributed by atoms with Crippen LogP contribution in [0.4, 0.5) is 5.69 Å². The standard InChI is InChI=1S/C22H19N3O5/c26-21(16-7-3-1-4-8-16)23-13-14-24-22(27)19-15-17(25(28)29)11-12-20(19)30-18-9-5-2-6-10-18/h1-12,15H,13-14H2,(H,23,26)(H,24,27). The van der Waals surface area contributed by atoms with Crippen LogP contribution in [0.5, 0.6) is 11.5 Å². The van der Waals surface area contributed by atoms with Crippen molar-refractivity contribution in [3.63, 3.8) is 0 Å². The van der Waals surface area contributed by atoms with Gasteiger partial charge in [0.15, 0.2) is 0 Å². The summed E-state index contributed by atoms with van der Waals surface area (Å²) in [6, 6.07) is 21.3. The predicted octanol–water partition coefficient (Wildman–Crippen LogP) is 3.55. The van der Waals surface area contributed by atoms with E-state index in [0.29, 0.717) is 11.3 Å². The summed E-state index contributed by atoms with van der Waals surface area (Å²) in [6.45, 7) is 0.341. The summed E-state index contributed by atoms with van der Waals surface area (Å²) in [5, 5.41) is 16.4. The molecule has 0 atom stereocenters. The molecule has 2 amide bonds. The monoisotopic (exact) mass is 405 g/mol. The smallest absolute Gasteiger partial charge is 0.270 e. The molecular weight excluding hydrogens is 386 g/mol. The van der Waals surface area contributed by atoms with Crippen molar-refractivity contribution in [2.24, 2.45) is 0 Å². The molecule has 0 fully saturated rings. The van der Waals surface area contributed by atoms with Crippen LogP contribution in [0.2, 0.25) is 0 Å². The van der Waals surface area contributed by atoms with E-state index in [0.717, 1.165) is 6.07 Å². The fraction of sp³-hybridized carbons (Fsp3) is 0.0909. The lowest BCUT2D eigenvalue weighted by Gasteiger charge is -2.12. The minimum absolute atomic E-state index is 0.0300. The Balaban J connectivity index is 1.65. The molecule has 0 unspecified atom stereocenters. The number of nitrogens with one attached hydrogen (secondary N) is 2. The molecule has 0 saturated carbocycles. The molecule has 0 heterocycles. The van der Waals surface area contributed by atoms with Crippen molar-refractivity contribution in [2.75, 3.05) is 13.1 Å². The lowest BCUT2D eigenvalue weighted by Crippen LogP contribution is -2.34. The second-order valence-corrected chi connectivity index (χ2v) is 6.23. The molecule has 0 aliphatic rings. The summed E-state index contributed by atoms with van der Waals surface area (Å²) >= 11 is 0. The molecule has 0 aromatic heterocycles. The summed E-state index contributed by atoms with van der Waals surface area (Å²) in [5.41, 5.74) is 0.321. The van der Waals surface area contributed by atoms with Gasteiger partial charge in [0, 0.05) is 30.8 Å². The fourth-order valence-corrected chi connectivity index (χ4v) is 2.65. The van der Waals surface area contributed by atoms with Gasteiger partial charge in [0.05, 0.1) is 10.5 Å². The van der Waals surface area contributed by atoms with Crippen LogP contribution < -0.4 is 15.4 Å². The van der Waals surface area contributed by atoms with E-state index in [1.807, 2.05) is 12.1 Å². The maximum absolute atomic E-state index is 12.6. The SMILES string of the molecule is O=C(NCCNC(=O)c1cc([N+](=O)[O-])ccc1Oc1ccccc1)c1ccccc1. The van der Waals surface area contributed by atoms with Crippen LogP contribution in [-0.4, -0.2) is 29.8 Å². The van der Waals surface area contributed by atoms with E-state index >= 15 is 0 Å². The van der Waals surface area contributed by atoms with Crippen LogP contribution >= 0.6 is 0 Å². The number of non-ortho nitro benzene ring substituents is 1. The van der Waals surface area contributed by atoms with E-state index in [1.165, 1.54) is 12.1 Å². The molecule has 8 heteroatoms. The summed E-state index contributed by atoms with van der Waals surface area (Å²) in [4.78, 5) is 35.2. The van der Waals surface area contributed by atoms with Crippen molar-refractivity contribution < 1.29 is 19.2 Å². The Morgan fingerprint density at radius 3 is 2.07 bits per heavy atom. The van der Waals surface area contributed by atoms with Gasteiger partial charge in [-0.25, -0.2) is 0 Å². The Morgan fingerprint density at radius 2 is 1.43 bits per heavy atom. The number of para-hydroxylation sites is 1. The third-order valence-electron chi connectivity index (χ3n) is 4.12. The molecule has 0 bridgehead atoms. The van der Waals surface area contributed by atoms with Gasteiger partial charge in [-0.1, -0.05) is 36.4 Å². The average molecular weight is 405 g/mol. The van der Waals surface area contributed by atoms with Crippen LogP contribution in [0.25, 0.3) is 0 Å². The van der Waals surface area contributed by atoms with E-state index in [2.05, 4.69) is 10.6 Å². The second kappa shape index (κ2) is 9.83. The van der Waals surface area contributed by atoms with E-state index in [-0.39, 0.29) is 36.0 Å². The van der Waals surface area contributed by atoms with Gasteiger partial charge in [-0.3, -0.25) is 19.7 Å². The zero-order valence-electron chi connectivity index (χ0n) is 15.9. The van der Waals surface area contributed by atoms with Crippen molar-refractivity contribution in [1.82, 2.24) is 10.6 Å². The number of hydrogen-bond donors (Lipinski definition) is 2. The summed E-state index contributed by atoms with van der Waals surface area (Å²) in [7, 11) is 0.